The zero-order chi connectivity index (χ0) is 10.4. The van der Waals surface area contributed by atoms with Crippen LogP contribution in [-0.2, 0) is 4.79 Å². The first-order chi connectivity index (χ1) is 6.77. The summed E-state index contributed by atoms with van der Waals surface area (Å²) in [6.07, 6.45) is 10.6. The molecule has 0 aromatic heterocycles. The fourth-order valence-electron chi connectivity index (χ4n) is 2.61. The summed E-state index contributed by atoms with van der Waals surface area (Å²) >= 11 is 0. The minimum absolute atomic E-state index is 0.294. The van der Waals surface area contributed by atoms with Crippen LogP contribution in [-0.4, -0.2) is 6.29 Å². The molecule has 1 nitrogen and oxygen atoms in total. The van der Waals surface area contributed by atoms with Crippen LogP contribution >= 0.6 is 0 Å². The first kappa shape index (κ1) is 11.7. The Labute approximate surface area is 88.3 Å². The zero-order valence-electron chi connectivity index (χ0n) is 9.67. The smallest absolute Gasteiger partial charge is 0.123 e. The molecule has 0 aliphatic heterocycles. The highest BCUT2D eigenvalue weighted by Gasteiger charge is 2.24. The molecule has 1 unspecified atom stereocenters. The van der Waals surface area contributed by atoms with Gasteiger partial charge in [0.2, 0.25) is 0 Å². The quantitative estimate of drug-likeness (QED) is 0.611. The molecule has 0 spiro atoms. The van der Waals surface area contributed by atoms with Crippen LogP contribution in [0.3, 0.4) is 0 Å². The minimum Gasteiger partial charge on any atom is -0.303 e. The maximum Gasteiger partial charge on any atom is 0.123 e. The van der Waals surface area contributed by atoms with Gasteiger partial charge in [0, 0.05) is 5.92 Å². The number of carbonyl (C=O) groups excluding carboxylic acids is 1. The summed E-state index contributed by atoms with van der Waals surface area (Å²) in [6.45, 7) is 4.34. The second-order valence-electron chi connectivity index (χ2n) is 4.92. The van der Waals surface area contributed by atoms with Gasteiger partial charge in [-0.05, 0) is 24.7 Å². The number of hydrogen-bond donors (Lipinski definition) is 0. The molecular formula is C13H24O. The molecule has 1 fully saturated rings. The van der Waals surface area contributed by atoms with Crippen LogP contribution in [0.15, 0.2) is 0 Å². The van der Waals surface area contributed by atoms with Crippen molar-refractivity contribution in [3.63, 3.8) is 0 Å². The van der Waals surface area contributed by atoms with Crippen LogP contribution in [0.5, 0.6) is 0 Å². The lowest BCUT2D eigenvalue weighted by atomic mass is 9.75. The van der Waals surface area contributed by atoms with Gasteiger partial charge in [-0.2, -0.15) is 0 Å². The van der Waals surface area contributed by atoms with Gasteiger partial charge in [0.15, 0.2) is 0 Å². The molecule has 0 aromatic rings. The molecule has 0 heterocycles. The second kappa shape index (κ2) is 6.21. The van der Waals surface area contributed by atoms with Crippen molar-refractivity contribution in [2.24, 2.45) is 17.8 Å². The number of unbranched alkanes of at least 4 members (excludes halogenated alkanes) is 1. The Morgan fingerprint density at radius 2 is 1.93 bits per heavy atom. The molecule has 0 radical (unpaired) electrons. The van der Waals surface area contributed by atoms with Gasteiger partial charge < -0.3 is 4.79 Å². The minimum atomic E-state index is 0.294. The summed E-state index contributed by atoms with van der Waals surface area (Å²) in [6, 6.07) is 0. The summed E-state index contributed by atoms with van der Waals surface area (Å²) < 4.78 is 0. The lowest BCUT2D eigenvalue weighted by Gasteiger charge is -2.30. The summed E-state index contributed by atoms with van der Waals surface area (Å²) in [5.74, 6) is 1.94. The van der Waals surface area contributed by atoms with E-state index in [4.69, 9.17) is 0 Å². The van der Waals surface area contributed by atoms with E-state index in [9.17, 15) is 4.79 Å². The molecule has 0 amide bonds. The van der Waals surface area contributed by atoms with Crippen LogP contribution in [0.25, 0.3) is 0 Å². The number of hydrogen-bond acceptors (Lipinski definition) is 1. The standard InChI is InChI=1S/C13H24O/c1-3-4-5-12-6-8-13(9-7-12)11(2)10-14/h10-13H,3-9H2,1-2H3. The van der Waals surface area contributed by atoms with Crippen molar-refractivity contribution in [3.05, 3.63) is 0 Å². The molecule has 0 bridgehead atoms. The largest absolute Gasteiger partial charge is 0.303 e. The van der Waals surface area contributed by atoms with E-state index >= 15 is 0 Å². The Kier molecular flexibility index (Phi) is 5.21. The van der Waals surface area contributed by atoms with Crippen LogP contribution in [0, 0.1) is 17.8 Å². The summed E-state index contributed by atoms with van der Waals surface area (Å²) in [5, 5.41) is 0. The van der Waals surface area contributed by atoms with E-state index in [1.807, 2.05) is 0 Å². The van der Waals surface area contributed by atoms with Crippen molar-refractivity contribution < 1.29 is 4.79 Å². The average Bonchev–Trinajstić information content (AvgIpc) is 2.26. The normalized spacial score (nSPS) is 29.9. The van der Waals surface area contributed by atoms with Gasteiger partial charge in [-0.15, -0.1) is 0 Å². The molecule has 14 heavy (non-hydrogen) atoms. The third kappa shape index (κ3) is 3.43. The number of aldehydes is 1. The van der Waals surface area contributed by atoms with Gasteiger partial charge in [0.05, 0.1) is 0 Å². The van der Waals surface area contributed by atoms with Crippen LogP contribution in [0.2, 0.25) is 0 Å². The van der Waals surface area contributed by atoms with E-state index < -0.39 is 0 Å². The summed E-state index contributed by atoms with van der Waals surface area (Å²) in [4.78, 5) is 10.7. The molecule has 1 atom stereocenters. The monoisotopic (exact) mass is 196 g/mol. The van der Waals surface area contributed by atoms with Crippen molar-refractivity contribution >= 4 is 6.29 Å². The predicted molar refractivity (Wildman–Crippen MR) is 60.2 cm³/mol. The maximum atomic E-state index is 10.7. The number of rotatable bonds is 5. The molecule has 1 aliphatic rings. The average molecular weight is 196 g/mol. The van der Waals surface area contributed by atoms with Gasteiger partial charge in [-0.25, -0.2) is 0 Å². The third-order valence-corrected chi connectivity index (χ3v) is 3.82. The highest BCUT2D eigenvalue weighted by atomic mass is 16.1. The fraction of sp³-hybridized carbons (Fsp3) is 0.923. The highest BCUT2D eigenvalue weighted by molar-refractivity contribution is 5.53. The summed E-state index contributed by atoms with van der Waals surface area (Å²) in [7, 11) is 0. The zero-order valence-corrected chi connectivity index (χ0v) is 9.67. The topological polar surface area (TPSA) is 17.1 Å². The van der Waals surface area contributed by atoms with Gasteiger partial charge in [-0.1, -0.05) is 46.0 Å². The van der Waals surface area contributed by atoms with Gasteiger partial charge in [0.1, 0.15) is 6.29 Å². The molecule has 0 saturated heterocycles. The highest BCUT2D eigenvalue weighted by Crippen LogP contribution is 2.34. The van der Waals surface area contributed by atoms with E-state index in [0.29, 0.717) is 11.8 Å². The molecule has 0 aromatic carbocycles. The summed E-state index contributed by atoms with van der Waals surface area (Å²) in [5.41, 5.74) is 0. The van der Waals surface area contributed by atoms with E-state index in [1.165, 1.54) is 44.9 Å². The van der Waals surface area contributed by atoms with E-state index in [2.05, 4.69) is 13.8 Å². The fourth-order valence-corrected chi connectivity index (χ4v) is 2.61. The van der Waals surface area contributed by atoms with Crippen molar-refractivity contribution in [1.82, 2.24) is 0 Å². The molecule has 82 valence electrons. The van der Waals surface area contributed by atoms with Crippen LogP contribution < -0.4 is 0 Å². The van der Waals surface area contributed by atoms with Crippen molar-refractivity contribution in [1.29, 1.82) is 0 Å². The second-order valence-corrected chi connectivity index (χ2v) is 4.92. The first-order valence-electron chi connectivity index (χ1n) is 6.23. The molecule has 0 N–H and O–H groups in total. The Morgan fingerprint density at radius 1 is 1.29 bits per heavy atom. The molecule has 1 rings (SSSR count). The molecular weight excluding hydrogens is 172 g/mol. The van der Waals surface area contributed by atoms with Crippen molar-refractivity contribution in [2.45, 2.75) is 58.8 Å². The number of carbonyl (C=O) groups is 1. The lowest BCUT2D eigenvalue weighted by molar-refractivity contribution is -0.112. The van der Waals surface area contributed by atoms with Gasteiger partial charge in [0.25, 0.3) is 0 Å². The Hall–Kier alpha value is -0.330. The van der Waals surface area contributed by atoms with E-state index in [-0.39, 0.29) is 0 Å². The Morgan fingerprint density at radius 3 is 2.43 bits per heavy atom. The third-order valence-electron chi connectivity index (χ3n) is 3.82. The van der Waals surface area contributed by atoms with E-state index in [0.717, 1.165) is 12.2 Å². The van der Waals surface area contributed by atoms with Crippen LogP contribution in [0.4, 0.5) is 0 Å². The predicted octanol–water partition coefficient (Wildman–Crippen LogP) is 3.82. The SMILES string of the molecule is CCCCC1CCC(C(C)C=O)CC1. The molecule has 1 heteroatoms. The van der Waals surface area contributed by atoms with Crippen LogP contribution in [0.1, 0.15) is 58.8 Å². The Balaban J connectivity index is 2.20. The van der Waals surface area contributed by atoms with Gasteiger partial charge >= 0.3 is 0 Å². The van der Waals surface area contributed by atoms with Gasteiger partial charge in [-0.3, -0.25) is 0 Å². The van der Waals surface area contributed by atoms with Crippen molar-refractivity contribution in [2.75, 3.05) is 0 Å². The Bertz CT molecular complexity index is 157. The van der Waals surface area contributed by atoms with E-state index in [1.54, 1.807) is 0 Å². The maximum absolute atomic E-state index is 10.7. The molecule has 1 saturated carbocycles. The molecule has 1 aliphatic carbocycles. The first-order valence-corrected chi connectivity index (χ1v) is 6.23. The lowest BCUT2D eigenvalue weighted by Crippen LogP contribution is -2.20. The van der Waals surface area contributed by atoms with Crippen molar-refractivity contribution in [3.8, 4) is 0 Å².